The summed E-state index contributed by atoms with van der Waals surface area (Å²) >= 11 is 0. The SMILES string of the molecule is C/C=c1/c(C(/C=C\c2ccccc2)=C/C)c2ccc(-c3ccc4cc(C(C)N(C5=C(C)CCC=C5)c5ccccc5)ccc4c3)cc2c(-c2ccc3ccccc3c2)/c1=C/C. The highest BCUT2D eigenvalue weighted by Crippen LogP contribution is 2.38. The Morgan fingerprint density at radius 3 is 1.97 bits per heavy atom. The number of para-hydroxylation sites is 1. The van der Waals surface area contributed by atoms with Gasteiger partial charge in [0.1, 0.15) is 0 Å². The van der Waals surface area contributed by atoms with Crippen molar-refractivity contribution in [2.45, 2.75) is 53.5 Å². The third-order valence-electron chi connectivity index (χ3n) is 12.6. The van der Waals surface area contributed by atoms with Gasteiger partial charge in [0.15, 0.2) is 0 Å². The maximum atomic E-state index is 2.51. The van der Waals surface area contributed by atoms with Crippen LogP contribution >= 0.6 is 0 Å². The van der Waals surface area contributed by atoms with Crippen molar-refractivity contribution in [2.24, 2.45) is 0 Å². The summed E-state index contributed by atoms with van der Waals surface area (Å²) in [6, 6.07) is 58.3. The Labute approximate surface area is 361 Å². The largest absolute Gasteiger partial charge is 0.334 e. The van der Waals surface area contributed by atoms with Crippen molar-refractivity contribution in [3.63, 3.8) is 0 Å². The molecule has 61 heavy (non-hydrogen) atoms. The summed E-state index contributed by atoms with van der Waals surface area (Å²) < 4.78 is 0. The Kier molecular flexibility index (Phi) is 11.2. The summed E-state index contributed by atoms with van der Waals surface area (Å²) in [5.41, 5.74) is 13.8. The van der Waals surface area contributed by atoms with E-state index in [9.17, 15) is 0 Å². The van der Waals surface area contributed by atoms with E-state index in [-0.39, 0.29) is 6.04 Å². The molecule has 0 aromatic heterocycles. The van der Waals surface area contributed by atoms with Gasteiger partial charge in [-0.3, -0.25) is 0 Å². The molecule has 0 heterocycles. The molecular weight excluding hydrogens is 735 g/mol. The summed E-state index contributed by atoms with van der Waals surface area (Å²) in [6.07, 6.45) is 18.2. The van der Waals surface area contributed by atoms with E-state index in [0.29, 0.717) is 0 Å². The molecule has 8 aromatic rings. The molecule has 0 saturated carbocycles. The van der Waals surface area contributed by atoms with Crippen LogP contribution in [-0.2, 0) is 0 Å². The Morgan fingerprint density at radius 2 is 1.21 bits per heavy atom. The molecule has 1 nitrogen and oxygen atoms in total. The number of hydrogen-bond acceptors (Lipinski definition) is 1. The average molecular weight is 788 g/mol. The van der Waals surface area contributed by atoms with E-state index in [4.69, 9.17) is 0 Å². The van der Waals surface area contributed by atoms with Crippen molar-refractivity contribution in [1.29, 1.82) is 0 Å². The fourth-order valence-electron chi connectivity index (χ4n) is 9.41. The Balaban J connectivity index is 1.19. The van der Waals surface area contributed by atoms with Gasteiger partial charge in [-0.1, -0.05) is 158 Å². The highest BCUT2D eigenvalue weighted by molar-refractivity contribution is 6.07. The summed E-state index contributed by atoms with van der Waals surface area (Å²) in [4.78, 5) is 2.51. The molecule has 298 valence electrons. The zero-order valence-electron chi connectivity index (χ0n) is 36.0. The van der Waals surface area contributed by atoms with Crippen LogP contribution in [0.3, 0.4) is 0 Å². The maximum absolute atomic E-state index is 2.51. The number of allylic oxidation sites excluding steroid dienone is 6. The second-order valence-corrected chi connectivity index (χ2v) is 16.3. The Bertz CT molecular complexity index is 3180. The monoisotopic (exact) mass is 787 g/mol. The first-order valence-corrected chi connectivity index (χ1v) is 21.8. The quantitative estimate of drug-likeness (QED) is 0.132. The van der Waals surface area contributed by atoms with Gasteiger partial charge < -0.3 is 4.90 Å². The van der Waals surface area contributed by atoms with Crippen LogP contribution in [0.5, 0.6) is 0 Å². The molecule has 0 N–H and O–H groups in total. The van der Waals surface area contributed by atoms with Crippen LogP contribution in [0.15, 0.2) is 193 Å². The van der Waals surface area contributed by atoms with Crippen molar-refractivity contribution in [1.82, 2.24) is 0 Å². The summed E-state index contributed by atoms with van der Waals surface area (Å²) in [6.45, 7) is 11.1. The molecule has 9 rings (SSSR count). The third-order valence-corrected chi connectivity index (χ3v) is 12.6. The fourth-order valence-corrected chi connectivity index (χ4v) is 9.41. The third kappa shape index (κ3) is 7.69. The van der Waals surface area contributed by atoms with Crippen LogP contribution in [0.2, 0.25) is 0 Å². The van der Waals surface area contributed by atoms with E-state index in [0.717, 1.165) is 12.8 Å². The van der Waals surface area contributed by atoms with E-state index >= 15 is 0 Å². The van der Waals surface area contributed by atoms with E-state index in [1.807, 2.05) is 0 Å². The number of fused-ring (bicyclic) bond motifs is 3. The second kappa shape index (κ2) is 17.3. The minimum absolute atomic E-state index is 0.154. The van der Waals surface area contributed by atoms with E-state index in [1.165, 1.54) is 104 Å². The topological polar surface area (TPSA) is 3.24 Å². The molecule has 0 bridgehead atoms. The maximum Gasteiger partial charge on any atom is 0.0563 e. The molecule has 1 unspecified atom stereocenters. The molecule has 1 aliphatic rings. The van der Waals surface area contributed by atoms with Crippen LogP contribution in [0, 0.1) is 0 Å². The lowest BCUT2D eigenvalue weighted by atomic mass is 9.85. The molecule has 0 amide bonds. The minimum atomic E-state index is 0.154. The fraction of sp³-hybridized carbons (Fsp3) is 0.133. The minimum Gasteiger partial charge on any atom is -0.334 e. The van der Waals surface area contributed by atoms with Crippen LogP contribution in [0.1, 0.15) is 70.2 Å². The smallest absolute Gasteiger partial charge is 0.0563 e. The van der Waals surface area contributed by atoms with Gasteiger partial charge in [0.2, 0.25) is 0 Å². The summed E-state index contributed by atoms with van der Waals surface area (Å²) in [5.74, 6) is 0. The predicted molar refractivity (Wildman–Crippen MR) is 267 cm³/mol. The molecule has 0 radical (unpaired) electrons. The Hall–Kier alpha value is -6.96. The van der Waals surface area contributed by atoms with E-state index in [2.05, 4.69) is 240 Å². The predicted octanol–water partition coefficient (Wildman–Crippen LogP) is 15.4. The van der Waals surface area contributed by atoms with Gasteiger partial charge in [-0.25, -0.2) is 0 Å². The molecule has 0 saturated heterocycles. The highest BCUT2D eigenvalue weighted by atomic mass is 15.2. The van der Waals surface area contributed by atoms with Crippen LogP contribution in [0.4, 0.5) is 5.69 Å². The Morgan fingerprint density at radius 1 is 0.590 bits per heavy atom. The van der Waals surface area contributed by atoms with Gasteiger partial charge in [-0.05, 0) is 183 Å². The van der Waals surface area contributed by atoms with E-state index in [1.54, 1.807) is 0 Å². The number of rotatable bonds is 9. The zero-order chi connectivity index (χ0) is 41.9. The molecular formula is C60H53N. The summed E-state index contributed by atoms with van der Waals surface area (Å²) in [7, 11) is 0. The van der Waals surface area contributed by atoms with Crippen molar-refractivity contribution >= 4 is 61.8 Å². The molecule has 1 heteroatoms. The second-order valence-electron chi connectivity index (χ2n) is 16.3. The van der Waals surface area contributed by atoms with Gasteiger partial charge in [0, 0.05) is 11.4 Å². The molecule has 0 spiro atoms. The van der Waals surface area contributed by atoms with Crippen molar-refractivity contribution < 1.29 is 0 Å². The van der Waals surface area contributed by atoms with Crippen LogP contribution in [0.25, 0.3) is 78.4 Å². The van der Waals surface area contributed by atoms with Crippen molar-refractivity contribution in [2.75, 3.05) is 4.90 Å². The number of benzene rings is 8. The highest BCUT2D eigenvalue weighted by Gasteiger charge is 2.23. The molecule has 0 fully saturated rings. The molecule has 1 atom stereocenters. The van der Waals surface area contributed by atoms with E-state index < -0.39 is 0 Å². The van der Waals surface area contributed by atoms with Gasteiger partial charge in [0.25, 0.3) is 0 Å². The lowest BCUT2D eigenvalue weighted by Crippen LogP contribution is -2.30. The lowest BCUT2D eigenvalue weighted by Gasteiger charge is -2.35. The molecule has 1 aliphatic carbocycles. The van der Waals surface area contributed by atoms with Gasteiger partial charge in [0.05, 0.1) is 6.04 Å². The first kappa shape index (κ1) is 39.5. The van der Waals surface area contributed by atoms with Gasteiger partial charge >= 0.3 is 0 Å². The number of anilines is 1. The molecule has 8 aromatic carbocycles. The van der Waals surface area contributed by atoms with Crippen LogP contribution < -0.4 is 15.3 Å². The number of nitrogens with zero attached hydrogens (tertiary/aromatic N) is 1. The molecule has 0 aliphatic heterocycles. The average Bonchev–Trinajstić information content (AvgIpc) is 3.32. The first-order valence-electron chi connectivity index (χ1n) is 21.8. The summed E-state index contributed by atoms with van der Waals surface area (Å²) in [5, 5.41) is 9.99. The van der Waals surface area contributed by atoms with Gasteiger partial charge in [-0.2, -0.15) is 0 Å². The van der Waals surface area contributed by atoms with Gasteiger partial charge in [-0.15, -0.1) is 0 Å². The first-order chi connectivity index (χ1) is 29.9. The standard InChI is InChI=1S/C60H53N/c1-6-44(28-27-43-20-11-9-12-21-43)59-54(7-2)55(8-3)60(52-34-29-45-22-16-17-23-47(45)39-52)57-40-51(35-36-56(57)59)50-33-32-48-37-46(30-31-49(48)38-50)42(5)61(53-24-13-10-14-25-53)58-26-18-15-19-41(58)4/h6-14,16-18,20-40,42H,15,19H2,1-5H3/b28-27-,44-6+,54-7+,55-8+. The normalized spacial score (nSPS) is 14.5. The lowest BCUT2D eigenvalue weighted by molar-refractivity contribution is 0.733. The van der Waals surface area contributed by atoms with Crippen molar-refractivity contribution in [3.8, 4) is 22.3 Å². The number of hydrogen-bond donors (Lipinski definition) is 0. The van der Waals surface area contributed by atoms with Crippen molar-refractivity contribution in [3.05, 3.63) is 220 Å². The van der Waals surface area contributed by atoms with Crippen LogP contribution in [-0.4, -0.2) is 0 Å². The zero-order valence-corrected chi connectivity index (χ0v) is 36.0.